The van der Waals surface area contributed by atoms with Crippen molar-refractivity contribution in [1.29, 1.82) is 0 Å². The lowest BCUT2D eigenvalue weighted by Crippen LogP contribution is -1.98. The number of ketones is 1. The minimum absolute atomic E-state index is 0.0749. The van der Waals surface area contributed by atoms with Gasteiger partial charge in [0.05, 0.1) is 0 Å². The first kappa shape index (κ1) is 10.7. The fraction of sp³-hybridized carbons (Fsp3) is 0.308. The van der Waals surface area contributed by atoms with Crippen molar-refractivity contribution in [2.24, 2.45) is 0 Å². The molecule has 0 atom stereocenters. The van der Waals surface area contributed by atoms with Gasteiger partial charge in [0, 0.05) is 6.42 Å². The summed E-state index contributed by atoms with van der Waals surface area (Å²) in [4.78, 5) is 11.1. The van der Waals surface area contributed by atoms with Crippen LogP contribution in [0.2, 0.25) is 0 Å². The van der Waals surface area contributed by atoms with Crippen LogP contribution in [-0.4, -0.2) is 5.78 Å². The van der Waals surface area contributed by atoms with Gasteiger partial charge in [-0.2, -0.15) is 0 Å². The van der Waals surface area contributed by atoms with Gasteiger partial charge in [-0.25, -0.2) is 0 Å². The molecule has 0 amide bonds. The summed E-state index contributed by atoms with van der Waals surface area (Å²) >= 11 is 0. The zero-order valence-electron chi connectivity index (χ0n) is 8.79. The average Bonchev–Trinajstić information content (AvgIpc) is 2.18. The lowest BCUT2D eigenvalue weighted by atomic mass is 9.99. The highest BCUT2D eigenvalue weighted by molar-refractivity contribution is 5.90. The van der Waals surface area contributed by atoms with E-state index in [2.05, 4.69) is 32.6 Å². The Balaban J connectivity index is 2.83. The number of rotatable bonds is 4. The summed E-state index contributed by atoms with van der Waals surface area (Å²) in [7, 11) is 0. The molecule has 0 aromatic heterocycles. The van der Waals surface area contributed by atoms with E-state index >= 15 is 0 Å². The molecule has 0 saturated heterocycles. The smallest absolute Gasteiger partial charge is 0.159 e. The normalized spacial score (nSPS) is 10.2. The van der Waals surface area contributed by atoms with Crippen LogP contribution in [-0.2, 0) is 11.2 Å². The van der Waals surface area contributed by atoms with E-state index in [0.717, 1.165) is 5.56 Å². The van der Waals surface area contributed by atoms with Crippen molar-refractivity contribution in [3.8, 4) is 0 Å². The van der Waals surface area contributed by atoms with E-state index in [1.54, 1.807) is 0 Å². The van der Waals surface area contributed by atoms with Crippen molar-refractivity contribution in [2.45, 2.75) is 26.2 Å². The minimum atomic E-state index is 0.0749. The van der Waals surface area contributed by atoms with E-state index in [0.29, 0.717) is 12.3 Å². The van der Waals surface area contributed by atoms with Gasteiger partial charge in [-0.15, -0.1) is 0 Å². The molecule has 0 aliphatic rings. The average molecular weight is 188 g/mol. The molecule has 0 spiro atoms. The topological polar surface area (TPSA) is 17.1 Å². The lowest BCUT2D eigenvalue weighted by Gasteiger charge is -2.06. The van der Waals surface area contributed by atoms with Crippen LogP contribution in [0, 0.1) is 0 Å². The van der Waals surface area contributed by atoms with Gasteiger partial charge < -0.3 is 0 Å². The van der Waals surface area contributed by atoms with Gasteiger partial charge in [0.15, 0.2) is 5.78 Å². The molecule has 1 aromatic rings. The van der Waals surface area contributed by atoms with Crippen molar-refractivity contribution in [3.63, 3.8) is 0 Å². The van der Waals surface area contributed by atoms with Crippen molar-refractivity contribution < 1.29 is 4.79 Å². The molecule has 0 bridgehead atoms. The predicted octanol–water partition coefficient (Wildman–Crippen LogP) is 3.11. The molecule has 0 fully saturated rings. The van der Waals surface area contributed by atoms with E-state index in [-0.39, 0.29) is 5.78 Å². The first-order chi connectivity index (χ1) is 6.63. The third-order valence-corrected chi connectivity index (χ3v) is 2.22. The standard InChI is InChI=1S/C13H16O/c1-4-13(14)9-11-6-5-7-12(8-11)10(2)3/h4-8,10H,1,9H2,2-3H3. The number of hydrogen-bond acceptors (Lipinski definition) is 1. The Hall–Kier alpha value is -1.37. The first-order valence-electron chi connectivity index (χ1n) is 4.87. The van der Waals surface area contributed by atoms with Crippen LogP contribution in [0.4, 0.5) is 0 Å². The molecule has 0 saturated carbocycles. The fourth-order valence-electron chi connectivity index (χ4n) is 1.34. The second-order valence-electron chi connectivity index (χ2n) is 3.75. The maximum absolute atomic E-state index is 11.1. The molecule has 0 aliphatic carbocycles. The van der Waals surface area contributed by atoms with E-state index in [9.17, 15) is 4.79 Å². The van der Waals surface area contributed by atoms with E-state index < -0.39 is 0 Å². The van der Waals surface area contributed by atoms with Crippen molar-refractivity contribution in [1.82, 2.24) is 0 Å². The summed E-state index contributed by atoms with van der Waals surface area (Å²) in [5.74, 6) is 0.583. The summed E-state index contributed by atoms with van der Waals surface area (Å²) < 4.78 is 0. The van der Waals surface area contributed by atoms with Crippen LogP contribution in [0.3, 0.4) is 0 Å². The van der Waals surface area contributed by atoms with Gasteiger partial charge in [-0.3, -0.25) is 4.79 Å². The summed E-state index contributed by atoms with van der Waals surface area (Å²) in [6, 6.07) is 8.16. The molecule has 0 heterocycles. The molecule has 1 heteroatoms. The van der Waals surface area contributed by atoms with Gasteiger partial charge >= 0.3 is 0 Å². The number of allylic oxidation sites excluding steroid dienone is 1. The number of benzene rings is 1. The fourth-order valence-corrected chi connectivity index (χ4v) is 1.34. The Bertz CT molecular complexity index is 337. The zero-order chi connectivity index (χ0) is 10.6. The lowest BCUT2D eigenvalue weighted by molar-refractivity contribution is -0.114. The monoisotopic (exact) mass is 188 g/mol. The second-order valence-corrected chi connectivity index (χ2v) is 3.75. The summed E-state index contributed by atoms with van der Waals surface area (Å²) in [6.07, 6.45) is 1.84. The molecule has 0 radical (unpaired) electrons. The molecule has 1 aromatic carbocycles. The summed E-state index contributed by atoms with van der Waals surface area (Å²) in [6.45, 7) is 7.76. The highest BCUT2D eigenvalue weighted by Gasteiger charge is 2.02. The minimum Gasteiger partial charge on any atom is -0.295 e. The molecule has 74 valence electrons. The third kappa shape index (κ3) is 2.84. The maximum atomic E-state index is 11.1. The summed E-state index contributed by atoms with van der Waals surface area (Å²) in [5.41, 5.74) is 2.35. The quantitative estimate of drug-likeness (QED) is 0.663. The van der Waals surface area contributed by atoms with Crippen LogP contribution in [0.15, 0.2) is 36.9 Å². The Labute approximate surface area is 85.5 Å². The van der Waals surface area contributed by atoms with Crippen LogP contribution >= 0.6 is 0 Å². The zero-order valence-corrected chi connectivity index (χ0v) is 8.79. The Kier molecular flexibility index (Phi) is 3.63. The van der Waals surface area contributed by atoms with Crippen molar-refractivity contribution in [2.75, 3.05) is 0 Å². The third-order valence-electron chi connectivity index (χ3n) is 2.22. The Morgan fingerprint density at radius 1 is 1.50 bits per heavy atom. The van der Waals surface area contributed by atoms with Gasteiger partial charge in [0.2, 0.25) is 0 Å². The Morgan fingerprint density at radius 3 is 2.79 bits per heavy atom. The van der Waals surface area contributed by atoms with E-state index in [4.69, 9.17) is 0 Å². The predicted molar refractivity (Wildman–Crippen MR) is 59.4 cm³/mol. The highest BCUT2D eigenvalue weighted by atomic mass is 16.1. The van der Waals surface area contributed by atoms with Gasteiger partial charge in [-0.1, -0.05) is 44.7 Å². The van der Waals surface area contributed by atoms with Crippen molar-refractivity contribution in [3.05, 3.63) is 48.0 Å². The largest absolute Gasteiger partial charge is 0.295 e. The summed E-state index contributed by atoms with van der Waals surface area (Å²) in [5, 5.41) is 0. The van der Waals surface area contributed by atoms with E-state index in [1.807, 2.05) is 12.1 Å². The number of carbonyl (C=O) groups is 1. The van der Waals surface area contributed by atoms with Gasteiger partial charge in [0.1, 0.15) is 0 Å². The molecule has 0 aliphatic heterocycles. The molecule has 0 unspecified atom stereocenters. The molecular weight excluding hydrogens is 172 g/mol. The molecule has 14 heavy (non-hydrogen) atoms. The van der Waals surface area contributed by atoms with Crippen molar-refractivity contribution >= 4 is 5.78 Å². The highest BCUT2D eigenvalue weighted by Crippen LogP contribution is 2.15. The first-order valence-corrected chi connectivity index (χ1v) is 4.87. The number of hydrogen-bond donors (Lipinski definition) is 0. The molecule has 1 rings (SSSR count). The van der Waals surface area contributed by atoms with Gasteiger partial charge in [-0.05, 0) is 23.1 Å². The molecule has 1 nitrogen and oxygen atoms in total. The Morgan fingerprint density at radius 2 is 2.21 bits per heavy atom. The van der Waals surface area contributed by atoms with Crippen LogP contribution in [0.5, 0.6) is 0 Å². The van der Waals surface area contributed by atoms with Gasteiger partial charge in [0.25, 0.3) is 0 Å². The van der Waals surface area contributed by atoms with Crippen LogP contribution in [0.1, 0.15) is 30.9 Å². The second kappa shape index (κ2) is 4.75. The molecular formula is C13H16O. The number of carbonyl (C=O) groups excluding carboxylic acids is 1. The van der Waals surface area contributed by atoms with E-state index in [1.165, 1.54) is 11.6 Å². The van der Waals surface area contributed by atoms with Crippen LogP contribution in [0.25, 0.3) is 0 Å². The SMILES string of the molecule is C=CC(=O)Cc1cccc(C(C)C)c1. The molecule has 0 N–H and O–H groups in total. The van der Waals surface area contributed by atoms with Crippen LogP contribution < -0.4 is 0 Å². The maximum Gasteiger partial charge on any atom is 0.159 e.